The predicted octanol–water partition coefficient (Wildman–Crippen LogP) is 2.64. The Morgan fingerprint density at radius 1 is 1.39 bits per heavy atom. The first-order valence-electron chi connectivity index (χ1n) is 7.58. The molecule has 1 aliphatic rings. The van der Waals surface area contributed by atoms with Gasteiger partial charge in [0.25, 0.3) is 5.91 Å². The van der Waals surface area contributed by atoms with Crippen molar-refractivity contribution in [2.45, 2.75) is 32.7 Å². The zero-order valence-electron chi connectivity index (χ0n) is 13.1. The highest BCUT2D eigenvalue weighted by Gasteiger charge is 2.24. The maximum absolute atomic E-state index is 13.1. The number of carbonyl (C=O) groups is 1. The van der Waals surface area contributed by atoms with E-state index in [2.05, 4.69) is 9.97 Å². The number of nitrogens with zero attached hydrogens (tertiary/aromatic N) is 3. The number of fused-ring (bicyclic) bond motifs is 1. The first kappa shape index (κ1) is 15.4. The van der Waals surface area contributed by atoms with Gasteiger partial charge in [0.1, 0.15) is 5.82 Å². The zero-order chi connectivity index (χ0) is 16.6. The summed E-state index contributed by atoms with van der Waals surface area (Å²) >= 11 is 0. The Labute approximate surface area is 133 Å². The summed E-state index contributed by atoms with van der Waals surface area (Å²) in [6.07, 6.45) is 2.44. The Bertz CT molecular complexity index is 761. The summed E-state index contributed by atoms with van der Waals surface area (Å²) in [7, 11) is 0. The van der Waals surface area contributed by atoms with Gasteiger partial charge in [0.2, 0.25) is 0 Å². The molecule has 1 N–H and O–H groups in total. The molecule has 0 fully saturated rings. The Kier molecular flexibility index (Phi) is 3.98. The van der Waals surface area contributed by atoms with E-state index in [1.54, 1.807) is 11.1 Å². The fourth-order valence-corrected chi connectivity index (χ4v) is 2.61. The third-order valence-electron chi connectivity index (χ3n) is 3.95. The average Bonchev–Trinajstić information content (AvgIpc) is 2.55. The lowest BCUT2D eigenvalue weighted by Gasteiger charge is -2.28. The van der Waals surface area contributed by atoms with Gasteiger partial charge in [-0.2, -0.15) is 0 Å². The maximum atomic E-state index is 13.1. The Morgan fingerprint density at radius 2 is 2.17 bits per heavy atom. The molecule has 0 saturated carbocycles. The van der Waals surface area contributed by atoms with Gasteiger partial charge in [-0.3, -0.25) is 4.79 Å². The molecule has 2 heterocycles. The second-order valence-corrected chi connectivity index (χ2v) is 6.00. The molecule has 1 aromatic heterocycles. The van der Waals surface area contributed by atoms with Crippen LogP contribution in [0.4, 0.5) is 4.39 Å². The van der Waals surface area contributed by atoms with Crippen molar-refractivity contribution < 1.29 is 14.3 Å². The van der Waals surface area contributed by atoms with Crippen LogP contribution in [0.3, 0.4) is 0 Å². The second kappa shape index (κ2) is 5.95. The fraction of sp³-hybridized carbons (Fsp3) is 0.353. The molecule has 0 radical (unpaired) electrons. The summed E-state index contributed by atoms with van der Waals surface area (Å²) in [6, 6.07) is 3.63. The molecule has 0 saturated heterocycles. The number of hydrogen-bond acceptors (Lipinski definition) is 4. The van der Waals surface area contributed by atoms with Gasteiger partial charge in [0.05, 0.1) is 5.69 Å². The lowest BCUT2D eigenvalue weighted by atomic mass is 10.0. The first-order valence-corrected chi connectivity index (χ1v) is 7.58. The highest BCUT2D eigenvalue weighted by atomic mass is 19.1. The standard InChI is InChI=1S/C17H18FN3O2/c1-10(2)16-19-8-12-9-21(6-5-14(12)20-16)17(23)11-3-4-13(18)15(22)7-11/h3-4,7-8,10,22H,5-6,9H2,1-2H3. The van der Waals surface area contributed by atoms with Crippen LogP contribution in [-0.4, -0.2) is 32.4 Å². The number of aromatic nitrogens is 2. The number of phenolic OH excluding ortho intramolecular Hbond substituents is 1. The van der Waals surface area contributed by atoms with E-state index in [1.165, 1.54) is 6.07 Å². The molecule has 0 bridgehead atoms. The molecule has 120 valence electrons. The van der Waals surface area contributed by atoms with Crippen LogP contribution < -0.4 is 0 Å². The maximum Gasteiger partial charge on any atom is 0.254 e. The summed E-state index contributed by atoms with van der Waals surface area (Å²) in [5.41, 5.74) is 2.18. The third-order valence-corrected chi connectivity index (χ3v) is 3.95. The Hall–Kier alpha value is -2.50. The molecule has 0 aliphatic carbocycles. The number of carbonyl (C=O) groups excluding carboxylic acids is 1. The summed E-state index contributed by atoms with van der Waals surface area (Å²) < 4.78 is 13.1. The molecule has 2 aromatic rings. The third kappa shape index (κ3) is 3.02. The van der Waals surface area contributed by atoms with E-state index in [1.807, 2.05) is 13.8 Å². The number of amides is 1. The monoisotopic (exact) mass is 315 g/mol. The van der Waals surface area contributed by atoms with Crippen LogP contribution in [0, 0.1) is 5.82 Å². The first-order chi connectivity index (χ1) is 11.0. The SMILES string of the molecule is CC(C)c1ncc2c(n1)CCN(C(=O)c1ccc(F)c(O)c1)C2. The molecule has 0 unspecified atom stereocenters. The topological polar surface area (TPSA) is 66.3 Å². The zero-order valence-corrected chi connectivity index (χ0v) is 13.1. The van der Waals surface area contributed by atoms with Crippen LogP contribution in [0.15, 0.2) is 24.4 Å². The van der Waals surface area contributed by atoms with E-state index >= 15 is 0 Å². The Morgan fingerprint density at radius 3 is 2.87 bits per heavy atom. The summed E-state index contributed by atoms with van der Waals surface area (Å²) in [5, 5.41) is 9.42. The quantitative estimate of drug-likeness (QED) is 0.925. The van der Waals surface area contributed by atoms with Crippen LogP contribution in [0.2, 0.25) is 0 Å². The molecule has 0 spiro atoms. The van der Waals surface area contributed by atoms with Crippen molar-refractivity contribution in [1.29, 1.82) is 0 Å². The number of hydrogen-bond donors (Lipinski definition) is 1. The highest BCUT2D eigenvalue weighted by molar-refractivity contribution is 5.94. The normalized spacial score (nSPS) is 14.0. The van der Waals surface area contributed by atoms with E-state index in [4.69, 9.17) is 0 Å². The summed E-state index contributed by atoms with van der Waals surface area (Å²) in [4.78, 5) is 23.1. The van der Waals surface area contributed by atoms with E-state index in [-0.39, 0.29) is 17.4 Å². The van der Waals surface area contributed by atoms with Crippen LogP contribution in [0.25, 0.3) is 0 Å². The van der Waals surface area contributed by atoms with Crippen molar-refractivity contribution in [3.8, 4) is 5.75 Å². The second-order valence-electron chi connectivity index (χ2n) is 6.00. The van der Waals surface area contributed by atoms with Gasteiger partial charge < -0.3 is 10.0 Å². The minimum Gasteiger partial charge on any atom is -0.505 e. The van der Waals surface area contributed by atoms with E-state index in [0.29, 0.717) is 19.5 Å². The van der Waals surface area contributed by atoms with E-state index in [0.717, 1.165) is 29.2 Å². The number of phenols is 1. The molecule has 3 rings (SSSR count). The molecule has 23 heavy (non-hydrogen) atoms. The molecule has 1 aliphatic heterocycles. The number of benzene rings is 1. The van der Waals surface area contributed by atoms with Crippen molar-refractivity contribution in [3.05, 3.63) is 52.9 Å². The lowest BCUT2D eigenvalue weighted by Crippen LogP contribution is -2.36. The smallest absolute Gasteiger partial charge is 0.254 e. The van der Waals surface area contributed by atoms with E-state index in [9.17, 15) is 14.3 Å². The van der Waals surface area contributed by atoms with Crippen LogP contribution >= 0.6 is 0 Å². The number of aromatic hydroxyl groups is 1. The predicted molar refractivity (Wildman–Crippen MR) is 82.6 cm³/mol. The molecule has 1 amide bonds. The fourth-order valence-electron chi connectivity index (χ4n) is 2.61. The molecular formula is C17H18FN3O2. The van der Waals surface area contributed by atoms with Gasteiger partial charge in [-0.1, -0.05) is 13.8 Å². The van der Waals surface area contributed by atoms with Gasteiger partial charge >= 0.3 is 0 Å². The number of rotatable bonds is 2. The van der Waals surface area contributed by atoms with Crippen molar-refractivity contribution in [2.24, 2.45) is 0 Å². The minimum atomic E-state index is -0.736. The van der Waals surface area contributed by atoms with Gasteiger partial charge in [-0.25, -0.2) is 14.4 Å². The van der Waals surface area contributed by atoms with Gasteiger partial charge in [0, 0.05) is 42.8 Å². The largest absolute Gasteiger partial charge is 0.505 e. The van der Waals surface area contributed by atoms with Crippen molar-refractivity contribution >= 4 is 5.91 Å². The van der Waals surface area contributed by atoms with Gasteiger partial charge in [-0.15, -0.1) is 0 Å². The van der Waals surface area contributed by atoms with Crippen LogP contribution in [0.1, 0.15) is 47.2 Å². The average molecular weight is 315 g/mol. The molecule has 5 nitrogen and oxygen atoms in total. The molecule has 0 atom stereocenters. The molecular weight excluding hydrogens is 297 g/mol. The van der Waals surface area contributed by atoms with Gasteiger partial charge in [0.15, 0.2) is 11.6 Å². The molecule has 6 heteroatoms. The molecule has 1 aromatic carbocycles. The van der Waals surface area contributed by atoms with Gasteiger partial charge in [-0.05, 0) is 18.2 Å². The van der Waals surface area contributed by atoms with E-state index < -0.39 is 11.6 Å². The van der Waals surface area contributed by atoms with Crippen molar-refractivity contribution in [1.82, 2.24) is 14.9 Å². The lowest BCUT2D eigenvalue weighted by molar-refractivity contribution is 0.0732. The highest BCUT2D eigenvalue weighted by Crippen LogP contribution is 2.22. The minimum absolute atomic E-state index is 0.237. The summed E-state index contributed by atoms with van der Waals surface area (Å²) in [6.45, 7) is 5.05. The van der Waals surface area contributed by atoms with Crippen molar-refractivity contribution in [3.63, 3.8) is 0 Å². The number of halogens is 1. The van der Waals surface area contributed by atoms with Crippen molar-refractivity contribution in [2.75, 3.05) is 6.54 Å². The Balaban J connectivity index is 1.81. The van der Waals surface area contributed by atoms with Crippen LogP contribution in [-0.2, 0) is 13.0 Å². The van der Waals surface area contributed by atoms with Crippen LogP contribution in [0.5, 0.6) is 5.75 Å². The summed E-state index contributed by atoms with van der Waals surface area (Å²) in [5.74, 6) is -0.411.